The standard InChI is InChI=1S/C27H27F4N3O3S/c28-20-11-9-19(10-12-20)15-33(17-22-6-4-14-38-22)25(35)18-34(16-21-5-3-13-37-21)26(36)32-24-8-2-1-7-23(24)27(29,30)31/h1-2,4,6-12,14,21H,3,5,13,15-18H2,(H,32,36). The average molecular weight is 550 g/mol. The lowest BCUT2D eigenvalue weighted by Gasteiger charge is -2.29. The number of anilines is 1. The smallest absolute Gasteiger partial charge is 0.376 e. The lowest BCUT2D eigenvalue weighted by atomic mass is 10.1. The Kier molecular flexibility index (Phi) is 9.01. The van der Waals surface area contributed by atoms with Crippen molar-refractivity contribution in [1.82, 2.24) is 9.80 Å². The van der Waals surface area contributed by atoms with Crippen LogP contribution in [0.4, 0.5) is 28.0 Å². The predicted molar refractivity (Wildman–Crippen MR) is 136 cm³/mol. The Morgan fingerprint density at radius 1 is 1.00 bits per heavy atom. The molecular formula is C27H27F4N3O3S. The van der Waals surface area contributed by atoms with Crippen molar-refractivity contribution in [2.24, 2.45) is 0 Å². The maximum Gasteiger partial charge on any atom is 0.418 e. The van der Waals surface area contributed by atoms with Crippen LogP contribution in [0.15, 0.2) is 66.0 Å². The molecule has 2 heterocycles. The molecule has 38 heavy (non-hydrogen) atoms. The maximum atomic E-state index is 13.5. The van der Waals surface area contributed by atoms with E-state index in [4.69, 9.17) is 4.74 Å². The van der Waals surface area contributed by atoms with Crippen molar-refractivity contribution in [1.29, 1.82) is 0 Å². The van der Waals surface area contributed by atoms with Gasteiger partial charge in [0.15, 0.2) is 0 Å². The molecule has 0 bridgehead atoms. The number of carbonyl (C=O) groups excluding carboxylic acids is 2. The van der Waals surface area contributed by atoms with E-state index in [2.05, 4.69) is 5.32 Å². The van der Waals surface area contributed by atoms with E-state index in [9.17, 15) is 27.2 Å². The SMILES string of the molecule is O=C(CN(CC1CCCO1)C(=O)Nc1ccccc1C(F)(F)F)N(Cc1ccc(F)cc1)Cc1cccs1. The average Bonchev–Trinajstić information content (AvgIpc) is 3.59. The molecular weight excluding hydrogens is 522 g/mol. The number of nitrogens with one attached hydrogen (secondary N) is 1. The maximum absolute atomic E-state index is 13.5. The minimum absolute atomic E-state index is 0.0507. The third-order valence-electron chi connectivity index (χ3n) is 6.10. The van der Waals surface area contributed by atoms with Gasteiger partial charge in [0, 0.05) is 24.6 Å². The summed E-state index contributed by atoms with van der Waals surface area (Å²) in [7, 11) is 0. The molecule has 1 aromatic heterocycles. The Balaban J connectivity index is 1.54. The molecule has 0 radical (unpaired) electrons. The highest BCUT2D eigenvalue weighted by Gasteiger charge is 2.34. The van der Waals surface area contributed by atoms with Crippen molar-refractivity contribution >= 4 is 29.0 Å². The summed E-state index contributed by atoms with van der Waals surface area (Å²) >= 11 is 1.47. The first-order valence-electron chi connectivity index (χ1n) is 12.1. The van der Waals surface area contributed by atoms with Crippen molar-refractivity contribution in [2.45, 2.75) is 38.2 Å². The number of benzene rings is 2. The van der Waals surface area contributed by atoms with Gasteiger partial charge in [0.25, 0.3) is 0 Å². The zero-order chi connectivity index (χ0) is 27.1. The summed E-state index contributed by atoms with van der Waals surface area (Å²) in [5.74, 6) is -0.802. The number of halogens is 4. The molecule has 0 spiro atoms. The molecule has 4 rings (SSSR count). The largest absolute Gasteiger partial charge is 0.418 e. The Bertz CT molecular complexity index is 1210. The minimum atomic E-state index is -4.66. The first-order valence-corrected chi connectivity index (χ1v) is 13.0. The summed E-state index contributed by atoms with van der Waals surface area (Å²) in [4.78, 5) is 30.4. The quantitative estimate of drug-likeness (QED) is 0.326. The summed E-state index contributed by atoms with van der Waals surface area (Å²) in [5.41, 5.74) is -0.672. The number of hydrogen-bond donors (Lipinski definition) is 1. The number of ether oxygens (including phenoxy) is 1. The molecule has 1 saturated heterocycles. The van der Waals surface area contributed by atoms with E-state index in [0.717, 1.165) is 17.4 Å². The summed E-state index contributed by atoms with van der Waals surface area (Å²) < 4.78 is 59.5. The van der Waals surface area contributed by atoms with Gasteiger partial charge in [0.2, 0.25) is 5.91 Å². The summed E-state index contributed by atoms with van der Waals surface area (Å²) in [6.45, 7) is 0.630. The van der Waals surface area contributed by atoms with Crippen LogP contribution >= 0.6 is 11.3 Å². The Labute approximate surface area is 221 Å². The zero-order valence-corrected chi connectivity index (χ0v) is 21.2. The second-order valence-electron chi connectivity index (χ2n) is 8.94. The first-order chi connectivity index (χ1) is 18.2. The molecule has 1 aliphatic heterocycles. The van der Waals surface area contributed by atoms with Crippen molar-refractivity contribution in [2.75, 3.05) is 25.0 Å². The van der Waals surface area contributed by atoms with E-state index in [1.54, 1.807) is 17.0 Å². The summed E-state index contributed by atoms with van der Waals surface area (Å²) in [5, 5.41) is 4.22. The van der Waals surface area contributed by atoms with E-state index in [0.29, 0.717) is 18.6 Å². The highest BCUT2D eigenvalue weighted by Crippen LogP contribution is 2.34. The van der Waals surface area contributed by atoms with Gasteiger partial charge in [-0.05, 0) is 54.1 Å². The number of para-hydroxylation sites is 1. The van der Waals surface area contributed by atoms with Gasteiger partial charge in [-0.15, -0.1) is 11.3 Å². The lowest BCUT2D eigenvalue weighted by Crippen LogP contribution is -2.47. The molecule has 1 atom stereocenters. The highest BCUT2D eigenvalue weighted by atomic mass is 32.1. The van der Waals surface area contributed by atoms with E-state index in [1.807, 2.05) is 17.5 Å². The first kappa shape index (κ1) is 27.6. The Morgan fingerprint density at radius 2 is 1.76 bits per heavy atom. The number of carbonyl (C=O) groups is 2. The minimum Gasteiger partial charge on any atom is -0.376 e. The second kappa shape index (κ2) is 12.4. The van der Waals surface area contributed by atoms with Gasteiger partial charge in [-0.2, -0.15) is 13.2 Å². The zero-order valence-electron chi connectivity index (χ0n) is 20.4. The van der Waals surface area contributed by atoms with E-state index in [-0.39, 0.29) is 32.3 Å². The number of hydrogen-bond acceptors (Lipinski definition) is 4. The van der Waals surface area contributed by atoms with Crippen LogP contribution < -0.4 is 5.32 Å². The van der Waals surface area contributed by atoms with Crippen LogP contribution in [0.2, 0.25) is 0 Å². The molecule has 1 unspecified atom stereocenters. The van der Waals surface area contributed by atoms with Crippen LogP contribution in [-0.2, 0) is 28.8 Å². The van der Waals surface area contributed by atoms with E-state index >= 15 is 0 Å². The predicted octanol–water partition coefficient (Wildman–Crippen LogP) is 6.15. The monoisotopic (exact) mass is 549 g/mol. The van der Waals surface area contributed by atoms with Gasteiger partial charge in [-0.1, -0.05) is 30.3 Å². The van der Waals surface area contributed by atoms with Crippen LogP contribution in [-0.4, -0.2) is 47.5 Å². The van der Waals surface area contributed by atoms with Gasteiger partial charge in [-0.25, -0.2) is 9.18 Å². The fourth-order valence-corrected chi connectivity index (χ4v) is 4.90. The van der Waals surface area contributed by atoms with Crippen molar-refractivity contribution in [3.8, 4) is 0 Å². The molecule has 1 N–H and O–H groups in total. The number of thiophene rings is 1. The van der Waals surface area contributed by atoms with Gasteiger partial charge in [0.1, 0.15) is 12.4 Å². The number of nitrogens with zero attached hydrogens (tertiary/aromatic N) is 2. The van der Waals surface area contributed by atoms with Crippen molar-refractivity contribution in [3.05, 3.63) is 87.9 Å². The van der Waals surface area contributed by atoms with Gasteiger partial charge in [0.05, 0.1) is 23.9 Å². The van der Waals surface area contributed by atoms with Crippen molar-refractivity contribution in [3.63, 3.8) is 0 Å². The van der Waals surface area contributed by atoms with Crippen LogP contribution in [0.5, 0.6) is 0 Å². The van der Waals surface area contributed by atoms with Crippen LogP contribution in [0.3, 0.4) is 0 Å². The molecule has 6 nitrogen and oxygen atoms in total. The molecule has 0 saturated carbocycles. The Morgan fingerprint density at radius 3 is 2.42 bits per heavy atom. The van der Waals surface area contributed by atoms with Gasteiger partial charge >= 0.3 is 12.2 Å². The normalized spacial score (nSPS) is 15.3. The van der Waals surface area contributed by atoms with E-state index in [1.165, 1.54) is 46.6 Å². The van der Waals surface area contributed by atoms with Gasteiger partial charge < -0.3 is 19.9 Å². The number of alkyl halides is 3. The third-order valence-corrected chi connectivity index (χ3v) is 6.96. The molecule has 202 valence electrons. The number of urea groups is 1. The van der Waals surface area contributed by atoms with E-state index < -0.39 is 35.2 Å². The number of rotatable bonds is 9. The highest BCUT2D eigenvalue weighted by molar-refractivity contribution is 7.09. The molecule has 3 amide bonds. The van der Waals surface area contributed by atoms with Gasteiger partial charge in [-0.3, -0.25) is 4.79 Å². The third kappa shape index (κ3) is 7.55. The van der Waals surface area contributed by atoms with Crippen LogP contribution in [0, 0.1) is 5.82 Å². The molecule has 3 aromatic rings. The van der Waals surface area contributed by atoms with Crippen molar-refractivity contribution < 1.29 is 31.9 Å². The topological polar surface area (TPSA) is 61.9 Å². The fourth-order valence-electron chi connectivity index (χ4n) is 4.18. The Hall–Kier alpha value is -3.44. The lowest BCUT2D eigenvalue weighted by molar-refractivity contribution is -0.137. The van der Waals surface area contributed by atoms with Crippen LogP contribution in [0.1, 0.15) is 28.8 Å². The second-order valence-corrected chi connectivity index (χ2v) is 9.98. The summed E-state index contributed by atoms with van der Waals surface area (Å²) in [6, 6.07) is 13.4. The molecule has 2 aromatic carbocycles. The molecule has 11 heteroatoms. The molecule has 1 fully saturated rings. The molecule has 1 aliphatic rings. The molecule has 0 aliphatic carbocycles. The summed E-state index contributed by atoms with van der Waals surface area (Å²) in [6.07, 6.45) is -3.52. The number of amides is 3. The van der Waals surface area contributed by atoms with Crippen LogP contribution in [0.25, 0.3) is 0 Å². The fraction of sp³-hybridized carbons (Fsp3) is 0.333.